The molecule has 0 radical (unpaired) electrons. The van der Waals surface area contributed by atoms with Crippen molar-refractivity contribution in [1.82, 2.24) is 9.78 Å². The Morgan fingerprint density at radius 3 is 2.67 bits per heavy atom. The first kappa shape index (κ1) is 13.0. The number of aromatic nitrogens is 2. The molecule has 0 unspecified atom stereocenters. The molecule has 0 amide bonds. The lowest BCUT2D eigenvalue weighted by atomic mass is 10.2. The zero-order chi connectivity index (χ0) is 13.0. The van der Waals surface area contributed by atoms with E-state index in [0.29, 0.717) is 0 Å². The fourth-order valence-electron chi connectivity index (χ4n) is 1.91. The van der Waals surface area contributed by atoms with Gasteiger partial charge in [0, 0.05) is 5.56 Å². The van der Waals surface area contributed by atoms with Crippen LogP contribution in [-0.4, -0.2) is 26.4 Å². The molecule has 0 aliphatic heterocycles. The Balaban J connectivity index is 2.26. The quantitative estimate of drug-likeness (QED) is 0.841. The summed E-state index contributed by atoms with van der Waals surface area (Å²) < 4.78 is 1.61. The van der Waals surface area contributed by atoms with Crippen molar-refractivity contribution in [3.8, 4) is 11.6 Å². The van der Waals surface area contributed by atoms with Crippen molar-refractivity contribution in [2.24, 2.45) is 0 Å². The van der Waals surface area contributed by atoms with Crippen LogP contribution in [0, 0.1) is 6.92 Å². The van der Waals surface area contributed by atoms with Crippen molar-refractivity contribution in [3.05, 3.63) is 41.6 Å². The van der Waals surface area contributed by atoms with Gasteiger partial charge in [-0.25, -0.2) is 4.68 Å². The Morgan fingerprint density at radius 1 is 1.28 bits per heavy atom. The van der Waals surface area contributed by atoms with E-state index in [1.54, 1.807) is 4.68 Å². The molecule has 0 saturated carbocycles. The van der Waals surface area contributed by atoms with Gasteiger partial charge in [-0.15, -0.1) is 0 Å². The first-order chi connectivity index (χ1) is 8.74. The van der Waals surface area contributed by atoms with Gasteiger partial charge in [0.05, 0.1) is 11.4 Å². The molecule has 0 saturated heterocycles. The van der Waals surface area contributed by atoms with E-state index in [0.717, 1.165) is 34.9 Å². The molecule has 2 aromatic rings. The Labute approximate surface area is 112 Å². The normalized spacial score (nSPS) is 10.8. The summed E-state index contributed by atoms with van der Waals surface area (Å²) in [6.07, 6.45) is 0.864. The molecule has 96 valence electrons. The number of rotatable bonds is 5. The summed E-state index contributed by atoms with van der Waals surface area (Å²) in [5.74, 6) is 2.40. The van der Waals surface area contributed by atoms with Crippen molar-refractivity contribution in [1.29, 1.82) is 0 Å². The molecule has 0 aliphatic rings. The number of nitrogens with zero attached hydrogens (tertiary/aromatic N) is 2. The lowest BCUT2D eigenvalue weighted by molar-refractivity contribution is 0.428. The molecule has 0 aliphatic carbocycles. The van der Waals surface area contributed by atoms with Crippen molar-refractivity contribution in [2.75, 3.05) is 11.5 Å². The topological polar surface area (TPSA) is 38.0 Å². The lowest BCUT2D eigenvalue weighted by Gasteiger charge is -2.03. The highest BCUT2D eigenvalue weighted by Crippen LogP contribution is 2.25. The minimum Gasteiger partial charge on any atom is -0.493 e. The molecule has 3 nitrogen and oxygen atoms in total. The summed E-state index contributed by atoms with van der Waals surface area (Å²) in [6, 6.07) is 9.72. The maximum Gasteiger partial charge on any atom is 0.217 e. The fraction of sp³-hybridized carbons (Fsp3) is 0.357. The molecule has 1 heterocycles. The van der Waals surface area contributed by atoms with Crippen LogP contribution in [0.5, 0.6) is 5.88 Å². The standard InChI is InChI=1S/C14H18N2OS/c1-3-18-10-9-13-11(2)15-16(14(13)17)12-7-5-4-6-8-12/h4-8,17H,3,9-10H2,1-2H3. The molecule has 1 aromatic heterocycles. The average Bonchev–Trinajstić information content (AvgIpc) is 2.68. The van der Waals surface area contributed by atoms with Gasteiger partial charge < -0.3 is 5.11 Å². The van der Waals surface area contributed by atoms with E-state index < -0.39 is 0 Å². The van der Waals surface area contributed by atoms with Crippen molar-refractivity contribution >= 4 is 11.8 Å². The highest BCUT2D eigenvalue weighted by atomic mass is 32.2. The third-order valence-corrected chi connectivity index (χ3v) is 3.76. The Morgan fingerprint density at radius 2 is 2.00 bits per heavy atom. The minimum atomic E-state index is 0.274. The van der Waals surface area contributed by atoms with E-state index in [1.165, 1.54) is 0 Å². The minimum absolute atomic E-state index is 0.274. The fourth-order valence-corrected chi connectivity index (χ4v) is 2.54. The van der Waals surface area contributed by atoms with Crippen LogP contribution < -0.4 is 0 Å². The number of hydrogen-bond acceptors (Lipinski definition) is 3. The summed E-state index contributed by atoms with van der Waals surface area (Å²) in [6.45, 7) is 4.09. The maximum absolute atomic E-state index is 10.3. The second-order valence-corrected chi connectivity index (χ2v) is 5.48. The number of hydrogen-bond donors (Lipinski definition) is 1. The van der Waals surface area contributed by atoms with Gasteiger partial charge in [0.1, 0.15) is 0 Å². The number of aromatic hydroxyl groups is 1. The Hall–Kier alpha value is -1.42. The summed E-state index contributed by atoms with van der Waals surface area (Å²) in [4.78, 5) is 0. The molecule has 0 spiro atoms. The molecule has 0 fully saturated rings. The monoisotopic (exact) mass is 262 g/mol. The SMILES string of the molecule is CCSCCc1c(C)nn(-c2ccccc2)c1O. The van der Waals surface area contributed by atoms with Crippen LogP contribution in [0.15, 0.2) is 30.3 Å². The van der Waals surface area contributed by atoms with Crippen molar-refractivity contribution in [2.45, 2.75) is 20.3 Å². The van der Waals surface area contributed by atoms with Gasteiger partial charge in [0.15, 0.2) is 0 Å². The number of thioether (sulfide) groups is 1. The van der Waals surface area contributed by atoms with Crippen LogP contribution in [0.25, 0.3) is 5.69 Å². The molecular weight excluding hydrogens is 244 g/mol. The van der Waals surface area contributed by atoms with E-state index in [4.69, 9.17) is 0 Å². The number of para-hydroxylation sites is 1. The van der Waals surface area contributed by atoms with Crippen LogP contribution in [0.2, 0.25) is 0 Å². The zero-order valence-corrected chi connectivity index (χ0v) is 11.6. The summed E-state index contributed by atoms with van der Waals surface area (Å²) >= 11 is 1.88. The van der Waals surface area contributed by atoms with Crippen LogP contribution in [0.4, 0.5) is 0 Å². The van der Waals surface area contributed by atoms with E-state index in [-0.39, 0.29) is 5.88 Å². The third-order valence-electron chi connectivity index (χ3n) is 2.86. The van der Waals surface area contributed by atoms with Gasteiger partial charge >= 0.3 is 0 Å². The zero-order valence-electron chi connectivity index (χ0n) is 10.8. The summed E-state index contributed by atoms with van der Waals surface area (Å²) in [5, 5.41) is 14.7. The molecule has 1 N–H and O–H groups in total. The van der Waals surface area contributed by atoms with Gasteiger partial charge in [0.2, 0.25) is 5.88 Å². The second-order valence-electron chi connectivity index (χ2n) is 4.08. The predicted octanol–water partition coefficient (Wildman–Crippen LogP) is 3.18. The lowest BCUT2D eigenvalue weighted by Crippen LogP contribution is -1.95. The van der Waals surface area contributed by atoms with E-state index in [2.05, 4.69) is 12.0 Å². The van der Waals surface area contributed by atoms with Gasteiger partial charge in [-0.1, -0.05) is 25.1 Å². The number of aryl methyl sites for hydroxylation is 1. The number of benzene rings is 1. The largest absolute Gasteiger partial charge is 0.493 e. The van der Waals surface area contributed by atoms with Crippen molar-refractivity contribution in [3.63, 3.8) is 0 Å². The molecule has 1 aromatic carbocycles. The van der Waals surface area contributed by atoms with Crippen molar-refractivity contribution < 1.29 is 5.11 Å². The van der Waals surface area contributed by atoms with E-state index in [1.807, 2.05) is 49.0 Å². The van der Waals surface area contributed by atoms with E-state index in [9.17, 15) is 5.11 Å². The summed E-state index contributed by atoms with van der Waals surface area (Å²) in [7, 11) is 0. The maximum atomic E-state index is 10.3. The molecule has 4 heteroatoms. The molecule has 0 bridgehead atoms. The first-order valence-corrected chi connectivity index (χ1v) is 7.30. The van der Waals surface area contributed by atoms with Gasteiger partial charge in [-0.3, -0.25) is 0 Å². The molecule has 0 atom stereocenters. The van der Waals surface area contributed by atoms with Crippen LogP contribution in [0.1, 0.15) is 18.2 Å². The van der Waals surface area contributed by atoms with Gasteiger partial charge in [-0.05, 0) is 37.0 Å². The highest BCUT2D eigenvalue weighted by molar-refractivity contribution is 7.99. The highest BCUT2D eigenvalue weighted by Gasteiger charge is 2.14. The Bertz CT molecular complexity index is 508. The smallest absolute Gasteiger partial charge is 0.217 e. The third kappa shape index (κ3) is 2.70. The molecule has 2 rings (SSSR count). The van der Waals surface area contributed by atoms with Gasteiger partial charge in [-0.2, -0.15) is 16.9 Å². The molecular formula is C14H18N2OS. The molecule has 18 heavy (non-hydrogen) atoms. The van der Waals surface area contributed by atoms with E-state index >= 15 is 0 Å². The van der Waals surface area contributed by atoms with Crippen LogP contribution in [-0.2, 0) is 6.42 Å². The Kier molecular flexibility index (Phi) is 4.31. The first-order valence-electron chi connectivity index (χ1n) is 6.14. The second kappa shape index (κ2) is 5.96. The van der Waals surface area contributed by atoms with Gasteiger partial charge in [0.25, 0.3) is 0 Å². The summed E-state index contributed by atoms with van der Waals surface area (Å²) in [5.41, 5.74) is 2.76. The van der Waals surface area contributed by atoms with Crippen LogP contribution in [0.3, 0.4) is 0 Å². The predicted molar refractivity (Wildman–Crippen MR) is 76.7 cm³/mol. The average molecular weight is 262 g/mol. The van der Waals surface area contributed by atoms with Crippen LogP contribution >= 0.6 is 11.8 Å².